The first-order chi connectivity index (χ1) is 12.9. The van der Waals surface area contributed by atoms with Crippen LogP contribution in [0.1, 0.15) is 30.7 Å². The predicted octanol–water partition coefficient (Wildman–Crippen LogP) is 2.70. The van der Waals surface area contributed by atoms with E-state index >= 15 is 0 Å². The van der Waals surface area contributed by atoms with Crippen molar-refractivity contribution in [3.8, 4) is 11.5 Å². The van der Waals surface area contributed by atoms with Gasteiger partial charge in [-0.1, -0.05) is 13.0 Å². The Balaban J connectivity index is 1.92. The van der Waals surface area contributed by atoms with Gasteiger partial charge in [-0.2, -0.15) is 0 Å². The maximum atomic E-state index is 12.4. The average Bonchev–Trinajstić information content (AvgIpc) is 3.19. The highest BCUT2D eigenvalue weighted by atomic mass is 32.2. The van der Waals surface area contributed by atoms with Crippen molar-refractivity contribution in [2.75, 3.05) is 20.8 Å². The van der Waals surface area contributed by atoms with Crippen LogP contribution in [0.25, 0.3) is 0 Å². The van der Waals surface area contributed by atoms with E-state index in [9.17, 15) is 13.2 Å². The second-order valence-corrected chi connectivity index (χ2v) is 8.45. The van der Waals surface area contributed by atoms with E-state index in [2.05, 4.69) is 10.0 Å². The van der Waals surface area contributed by atoms with Gasteiger partial charge in [0.05, 0.1) is 25.2 Å². The second-order valence-electron chi connectivity index (χ2n) is 5.71. The van der Waals surface area contributed by atoms with E-state index in [1.165, 1.54) is 32.4 Å². The van der Waals surface area contributed by atoms with E-state index in [-0.39, 0.29) is 29.8 Å². The molecular formula is C18H24N2O5S2. The molecule has 1 aromatic carbocycles. The number of ether oxygens (including phenoxy) is 2. The van der Waals surface area contributed by atoms with Crippen molar-refractivity contribution in [1.29, 1.82) is 0 Å². The molecule has 1 heterocycles. The van der Waals surface area contributed by atoms with Crippen LogP contribution in [0.15, 0.2) is 40.6 Å². The zero-order chi connectivity index (χ0) is 19.9. The Morgan fingerprint density at radius 1 is 1.19 bits per heavy atom. The largest absolute Gasteiger partial charge is 0.493 e. The van der Waals surface area contributed by atoms with Crippen molar-refractivity contribution in [1.82, 2.24) is 10.0 Å². The third-order valence-corrected chi connectivity index (χ3v) is 6.38. The van der Waals surface area contributed by atoms with Gasteiger partial charge in [0, 0.05) is 23.9 Å². The Labute approximate surface area is 163 Å². The lowest BCUT2D eigenvalue weighted by Crippen LogP contribution is -2.32. The summed E-state index contributed by atoms with van der Waals surface area (Å²) in [5, 5.41) is 4.89. The molecule has 0 spiro atoms. The van der Waals surface area contributed by atoms with Crippen LogP contribution < -0.4 is 19.5 Å². The molecule has 1 atom stereocenters. The monoisotopic (exact) mass is 412 g/mol. The quantitative estimate of drug-likeness (QED) is 0.626. The summed E-state index contributed by atoms with van der Waals surface area (Å²) < 4.78 is 37.5. The van der Waals surface area contributed by atoms with Crippen LogP contribution in [-0.4, -0.2) is 35.1 Å². The molecule has 27 heavy (non-hydrogen) atoms. The van der Waals surface area contributed by atoms with Crippen molar-refractivity contribution >= 4 is 27.3 Å². The molecule has 1 amide bonds. The Morgan fingerprint density at radius 2 is 1.93 bits per heavy atom. The highest BCUT2D eigenvalue weighted by Crippen LogP contribution is 2.29. The summed E-state index contributed by atoms with van der Waals surface area (Å²) in [6, 6.07) is 8.18. The van der Waals surface area contributed by atoms with Crippen LogP contribution in [0.3, 0.4) is 0 Å². The van der Waals surface area contributed by atoms with Crippen LogP contribution in [-0.2, 0) is 14.8 Å². The Morgan fingerprint density at radius 3 is 2.52 bits per heavy atom. The highest BCUT2D eigenvalue weighted by molar-refractivity contribution is 7.89. The normalized spacial score (nSPS) is 12.4. The third-order valence-electron chi connectivity index (χ3n) is 3.94. The lowest BCUT2D eigenvalue weighted by Gasteiger charge is -2.15. The van der Waals surface area contributed by atoms with Crippen LogP contribution in [0.5, 0.6) is 11.5 Å². The number of rotatable bonds is 10. The summed E-state index contributed by atoms with van der Waals surface area (Å²) in [6.07, 6.45) is 0.817. The molecule has 9 heteroatoms. The van der Waals surface area contributed by atoms with Gasteiger partial charge in [-0.25, -0.2) is 13.1 Å². The smallest absolute Gasteiger partial charge is 0.240 e. The van der Waals surface area contributed by atoms with Crippen LogP contribution in [0.2, 0.25) is 0 Å². The Hall–Kier alpha value is -2.10. The predicted molar refractivity (Wildman–Crippen MR) is 105 cm³/mol. The van der Waals surface area contributed by atoms with Crippen molar-refractivity contribution < 1.29 is 22.7 Å². The fourth-order valence-corrected chi connectivity index (χ4v) is 4.40. The summed E-state index contributed by atoms with van der Waals surface area (Å²) in [5.41, 5.74) is 0. The molecule has 0 aliphatic rings. The van der Waals surface area contributed by atoms with Gasteiger partial charge in [0.25, 0.3) is 0 Å². The van der Waals surface area contributed by atoms with Gasteiger partial charge in [0.2, 0.25) is 15.9 Å². The number of hydrogen-bond donors (Lipinski definition) is 2. The van der Waals surface area contributed by atoms with E-state index in [1.807, 2.05) is 24.4 Å². The molecule has 0 fully saturated rings. The van der Waals surface area contributed by atoms with Crippen LogP contribution in [0.4, 0.5) is 0 Å². The number of amides is 1. The fraction of sp³-hybridized carbons (Fsp3) is 0.389. The SMILES string of the molecule is CCC(NC(=O)CCNS(=O)(=O)c1ccc(OC)c(OC)c1)c1cccs1. The van der Waals surface area contributed by atoms with E-state index in [0.29, 0.717) is 11.5 Å². The summed E-state index contributed by atoms with van der Waals surface area (Å²) in [7, 11) is -0.845. The number of thiophene rings is 1. The van der Waals surface area contributed by atoms with Crippen molar-refractivity contribution in [3.63, 3.8) is 0 Å². The Kier molecular flexibility index (Phi) is 7.64. The topological polar surface area (TPSA) is 93.7 Å². The zero-order valence-electron chi connectivity index (χ0n) is 15.5. The molecule has 0 bridgehead atoms. The molecule has 2 aromatic rings. The van der Waals surface area contributed by atoms with Gasteiger partial charge in [-0.3, -0.25) is 4.79 Å². The van der Waals surface area contributed by atoms with E-state index < -0.39 is 10.0 Å². The lowest BCUT2D eigenvalue weighted by molar-refractivity contribution is -0.121. The molecule has 0 radical (unpaired) electrons. The highest BCUT2D eigenvalue weighted by Gasteiger charge is 2.18. The van der Waals surface area contributed by atoms with E-state index in [1.54, 1.807) is 11.3 Å². The summed E-state index contributed by atoms with van der Waals surface area (Å²) >= 11 is 1.58. The lowest BCUT2D eigenvalue weighted by atomic mass is 10.2. The first-order valence-electron chi connectivity index (χ1n) is 8.45. The maximum absolute atomic E-state index is 12.4. The molecule has 0 saturated carbocycles. The molecule has 148 valence electrons. The molecule has 7 nitrogen and oxygen atoms in total. The molecule has 1 aromatic heterocycles. The van der Waals surface area contributed by atoms with E-state index in [4.69, 9.17) is 9.47 Å². The molecule has 0 aliphatic carbocycles. The van der Waals surface area contributed by atoms with Crippen molar-refractivity contribution in [2.24, 2.45) is 0 Å². The number of carbonyl (C=O) groups is 1. The molecule has 0 aliphatic heterocycles. The van der Waals surface area contributed by atoms with Gasteiger partial charge < -0.3 is 14.8 Å². The second kappa shape index (κ2) is 9.72. The molecule has 0 saturated heterocycles. The molecular weight excluding hydrogens is 388 g/mol. The first-order valence-corrected chi connectivity index (χ1v) is 10.8. The van der Waals surface area contributed by atoms with Gasteiger partial charge in [-0.05, 0) is 30.0 Å². The van der Waals surface area contributed by atoms with Gasteiger partial charge in [0.15, 0.2) is 11.5 Å². The molecule has 1 unspecified atom stereocenters. The number of carbonyl (C=O) groups excluding carboxylic acids is 1. The maximum Gasteiger partial charge on any atom is 0.240 e. The fourth-order valence-electron chi connectivity index (χ4n) is 2.50. The minimum Gasteiger partial charge on any atom is -0.493 e. The summed E-state index contributed by atoms with van der Waals surface area (Å²) in [6.45, 7) is 1.99. The van der Waals surface area contributed by atoms with Crippen molar-refractivity contribution in [2.45, 2.75) is 30.7 Å². The number of sulfonamides is 1. The number of hydrogen-bond acceptors (Lipinski definition) is 6. The molecule has 2 rings (SSSR count). The summed E-state index contributed by atoms with van der Waals surface area (Å²) in [4.78, 5) is 13.3. The van der Waals surface area contributed by atoms with Gasteiger partial charge >= 0.3 is 0 Å². The van der Waals surface area contributed by atoms with E-state index in [0.717, 1.165) is 11.3 Å². The third kappa shape index (κ3) is 5.69. The van der Waals surface area contributed by atoms with Crippen LogP contribution >= 0.6 is 11.3 Å². The number of benzene rings is 1. The Bertz CT molecular complexity index is 851. The number of methoxy groups -OCH3 is 2. The molecule has 2 N–H and O–H groups in total. The van der Waals surface area contributed by atoms with Gasteiger partial charge in [-0.15, -0.1) is 11.3 Å². The first kappa shape index (κ1) is 21.2. The number of nitrogens with one attached hydrogen (secondary N) is 2. The van der Waals surface area contributed by atoms with Crippen molar-refractivity contribution in [3.05, 3.63) is 40.6 Å². The minimum absolute atomic E-state index is 0.00336. The summed E-state index contributed by atoms with van der Waals surface area (Å²) in [5.74, 6) is 0.556. The standard InChI is InChI=1S/C18H24N2O5S2/c1-4-14(17-6-5-11-26-17)20-18(21)9-10-19-27(22,23)13-7-8-15(24-2)16(12-13)25-3/h5-8,11-12,14,19H,4,9-10H2,1-3H3,(H,20,21). The minimum atomic E-state index is -3.75. The zero-order valence-corrected chi connectivity index (χ0v) is 17.2. The van der Waals surface area contributed by atoms with Crippen LogP contribution in [0, 0.1) is 0 Å². The average molecular weight is 413 g/mol. The van der Waals surface area contributed by atoms with Gasteiger partial charge in [0.1, 0.15) is 0 Å².